The zero-order chi connectivity index (χ0) is 6.69. The highest BCUT2D eigenvalue weighted by molar-refractivity contribution is 5.86. The van der Waals surface area contributed by atoms with Gasteiger partial charge in [-0.1, -0.05) is 0 Å². The van der Waals surface area contributed by atoms with Gasteiger partial charge in [-0.3, -0.25) is 4.98 Å². The summed E-state index contributed by atoms with van der Waals surface area (Å²) in [5.74, 6) is -0.287. The fraction of sp³-hybridized carbons (Fsp3) is 0.167. The van der Waals surface area contributed by atoms with Gasteiger partial charge >= 0.3 is 0 Å². The lowest BCUT2D eigenvalue weighted by Crippen LogP contribution is -1.98. The van der Waals surface area contributed by atoms with Crippen molar-refractivity contribution >= 4 is 37.2 Å². The lowest BCUT2D eigenvalue weighted by Gasteiger charge is -1.92. The number of nitrogens with two attached hydrogens (primary N) is 1. The second kappa shape index (κ2) is 9.00. The van der Waals surface area contributed by atoms with E-state index in [0.717, 1.165) is 0 Å². The van der Waals surface area contributed by atoms with Gasteiger partial charge in [0.2, 0.25) is 0 Å². The molecule has 1 rings (SSSR count). The Balaban J connectivity index is -0.000000270. The van der Waals surface area contributed by atoms with Gasteiger partial charge in [-0.2, -0.15) is 0 Å². The van der Waals surface area contributed by atoms with Crippen LogP contribution in [0.25, 0.3) is 0 Å². The molecule has 0 bridgehead atoms. The van der Waals surface area contributed by atoms with E-state index in [1.54, 1.807) is 0 Å². The molecule has 0 fully saturated rings. The highest BCUT2D eigenvalue weighted by Gasteiger charge is 1.90. The van der Waals surface area contributed by atoms with Gasteiger partial charge in [-0.15, -0.1) is 37.2 Å². The monoisotopic (exact) mass is 234 g/mol. The maximum Gasteiger partial charge on any atom is 0.126 e. The molecule has 0 aliphatic carbocycles. The molecular formula is C6H10Cl3FN2. The molecule has 0 radical (unpaired) electrons. The molecule has 0 saturated carbocycles. The first kappa shape index (κ1) is 17.9. The Hall–Kier alpha value is -0.0900. The number of halogens is 4. The van der Waals surface area contributed by atoms with Crippen LogP contribution in [-0.2, 0) is 6.54 Å². The molecule has 72 valence electrons. The zero-order valence-corrected chi connectivity index (χ0v) is 8.52. The largest absolute Gasteiger partial charge is 0.325 e. The van der Waals surface area contributed by atoms with Gasteiger partial charge < -0.3 is 5.73 Å². The number of nitrogens with zero attached hydrogens (tertiary/aromatic N) is 1. The first-order chi connectivity index (χ1) is 4.33. The van der Waals surface area contributed by atoms with Gasteiger partial charge in [0.05, 0.1) is 5.69 Å². The van der Waals surface area contributed by atoms with Crippen molar-refractivity contribution in [2.24, 2.45) is 5.73 Å². The molecule has 2 N–H and O–H groups in total. The fourth-order valence-electron chi connectivity index (χ4n) is 0.560. The highest BCUT2D eigenvalue weighted by atomic mass is 35.5. The summed E-state index contributed by atoms with van der Waals surface area (Å²) in [5, 5.41) is 0. The van der Waals surface area contributed by atoms with E-state index in [4.69, 9.17) is 5.73 Å². The van der Waals surface area contributed by atoms with Crippen LogP contribution in [0.3, 0.4) is 0 Å². The number of aromatic nitrogens is 1. The predicted octanol–water partition coefficient (Wildman–Crippen LogP) is 1.94. The normalized spacial score (nSPS) is 7.17. The smallest absolute Gasteiger partial charge is 0.126 e. The van der Waals surface area contributed by atoms with E-state index in [0.29, 0.717) is 5.69 Å². The van der Waals surface area contributed by atoms with Gasteiger partial charge in [0.1, 0.15) is 5.82 Å². The molecule has 2 nitrogen and oxygen atoms in total. The third kappa shape index (κ3) is 5.55. The van der Waals surface area contributed by atoms with Crippen molar-refractivity contribution < 1.29 is 4.39 Å². The van der Waals surface area contributed by atoms with Crippen molar-refractivity contribution in [2.45, 2.75) is 6.54 Å². The quantitative estimate of drug-likeness (QED) is 0.808. The van der Waals surface area contributed by atoms with Crippen LogP contribution in [0.1, 0.15) is 5.69 Å². The summed E-state index contributed by atoms with van der Waals surface area (Å²) >= 11 is 0. The van der Waals surface area contributed by atoms with Crippen LogP contribution in [0.5, 0.6) is 0 Å². The van der Waals surface area contributed by atoms with Crippen molar-refractivity contribution in [1.82, 2.24) is 4.98 Å². The molecule has 0 atom stereocenters. The van der Waals surface area contributed by atoms with Crippen LogP contribution in [0, 0.1) is 5.82 Å². The third-order valence-corrected chi connectivity index (χ3v) is 0.988. The minimum absolute atomic E-state index is 0. The SMILES string of the molecule is Cl.Cl.Cl.NCc1cc(F)ccn1. The summed E-state index contributed by atoms with van der Waals surface area (Å²) in [6.45, 7) is 0.289. The molecule has 12 heavy (non-hydrogen) atoms. The van der Waals surface area contributed by atoms with E-state index in [1.807, 2.05) is 0 Å². The van der Waals surface area contributed by atoms with Crippen LogP contribution in [-0.4, -0.2) is 4.98 Å². The number of hydrogen-bond donors (Lipinski definition) is 1. The summed E-state index contributed by atoms with van der Waals surface area (Å²) in [5.41, 5.74) is 5.77. The van der Waals surface area contributed by atoms with Crippen molar-refractivity contribution in [3.63, 3.8) is 0 Å². The predicted molar refractivity (Wildman–Crippen MR) is 53.8 cm³/mol. The molecule has 0 saturated heterocycles. The van der Waals surface area contributed by atoms with E-state index < -0.39 is 0 Å². The Morgan fingerprint density at radius 2 is 1.92 bits per heavy atom. The van der Waals surface area contributed by atoms with E-state index >= 15 is 0 Å². The summed E-state index contributed by atoms with van der Waals surface area (Å²) in [6, 6.07) is 2.61. The summed E-state index contributed by atoms with van der Waals surface area (Å²) in [7, 11) is 0. The minimum atomic E-state index is -0.287. The average molecular weight is 236 g/mol. The van der Waals surface area contributed by atoms with Crippen LogP contribution >= 0.6 is 37.2 Å². The van der Waals surface area contributed by atoms with E-state index in [-0.39, 0.29) is 49.6 Å². The maximum atomic E-state index is 12.3. The van der Waals surface area contributed by atoms with Crippen molar-refractivity contribution in [1.29, 1.82) is 0 Å². The number of pyridine rings is 1. The first-order valence-corrected chi connectivity index (χ1v) is 2.63. The lowest BCUT2D eigenvalue weighted by atomic mass is 10.3. The van der Waals surface area contributed by atoms with Crippen LogP contribution in [0.4, 0.5) is 4.39 Å². The topological polar surface area (TPSA) is 38.9 Å². The Kier molecular flexibility index (Phi) is 13.4. The molecule has 1 aromatic rings. The second-order valence-electron chi connectivity index (χ2n) is 1.67. The molecular weight excluding hydrogens is 225 g/mol. The van der Waals surface area contributed by atoms with E-state index in [2.05, 4.69) is 4.98 Å². The Labute approximate surface area is 89.0 Å². The summed E-state index contributed by atoms with van der Waals surface area (Å²) in [6.07, 6.45) is 1.40. The second-order valence-corrected chi connectivity index (χ2v) is 1.67. The van der Waals surface area contributed by atoms with Crippen LogP contribution in [0.2, 0.25) is 0 Å². The molecule has 0 aliphatic rings. The zero-order valence-electron chi connectivity index (χ0n) is 6.07. The fourth-order valence-corrected chi connectivity index (χ4v) is 0.560. The van der Waals surface area contributed by atoms with Gasteiger partial charge in [0, 0.05) is 12.7 Å². The molecule has 1 heterocycles. The average Bonchev–Trinajstić information content (AvgIpc) is 1.88. The molecule has 1 aromatic heterocycles. The number of rotatable bonds is 1. The standard InChI is InChI=1S/C6H7FN2.3ClH/c7-5-1-2-9-6(3-5)4-8;;;/h1-3H,4,8H2;3*1H. The molecule has 0 aliphatic heterocycles. The van der Waals surface area contributed by atoms with Crippen molar-refractivity contribution in [3.8, 4) is 0 Å². The third-order valence-electron chi connectivity index (χ3n) is 0.988. The Morgan fingerprint density at radius 3 is 2.25 bits per heavy atom. The maximum absolute atomic E-state index is 12.3. The van der Waals surface area contributed by atoms with Crippen LogP contribution < -0.4 is 5.73 Å². The minimum Gasteiger partial charge on any atom is -0.325 e. The highest BCUT2D eigenvalue weighted by Crippen LogP contribution is 1.96. The summed E-state index contributed by atoms with van der Waals surface area (Å²) in [4.78, 5) is 3.79. The number of hydrogen-bond acceptors (Lipinski definition) is 2. The van der Waals surface area contributed by atoms with E-state index in [1.165, 1.54) is 18.3 Å². The van der Waals surface area contributed by atoms with Gasteiger partial charge in [-0.25, -0.2) is 4.39 Å². The van der Waals surface area contributed by atoms with E-state index in [9.17, 15) is 4.39 Å². The van der Waals surface area contributed by atoms with Gasteiger partial charge in [0.25, 0.3) is 0 Å². The first-order valence-electron chi connectivity index (χ1n) is 2.63. The van der Waals surface area contributed by atoms with Gasteiger partial charge in [-0.05, 0) is 12.1 Å². The Morgan fingerprint density at radius 1 is 1.33 bits per heavy atom. The molecule has 0 amide bonds. The molecule has 0 aromatic carbocycles. The summed E-state index contributed by atoms with van der Waals surface area (Å²) < 4.78 is 12.3. The van der Waals surface area contributed by atoms with Gasteiger partial charge in [0.15, 0.2) is 0 Å². The van der Waals surface area contributed by atoms with Crippen molar-refractivity contribution in [3.05, 3.63) is 29.8 Å². The van der Waals surface area contributed by atoms with Crippen LogP contribution in [0.15, 0.2) is 18.3 Å². The molecule has 0 unspecified atom stereocenters. The Bertz CT molecular complexity index is 210. The van der Waals surface area contributed by atoms with Crippen molar-refractivity contribution in [2.75, 3.05) is 0 Å². The lowest BCUT2D eigenvalue weighted by molar-refractivity contribution is 0.622. The molecule has 6 heteroatoms. The molecule has 0 spiro atoms.